The zero-order chi connectivity index (χ0) is 14.2. The Balaban J connectivity index is 2.26. The molecule has 1 aromatic rings. The quantitative estimate of drug-likeness (QED) is 0.860. The second-order valence-corrected chi connectivity index (χ2v) is 4.96. The zero-order valence-corrected chi connectivity index (χ0v) is 10.4. The molecule has 0 bridgehead atoms. The maximum Gasteiger partial charge on any atom is 0.323 e. The van der Waals surface area contributed by atoms with E-state index in [2.05, 4.69) is 0 Å². The SMILES string of the molecule is CC1(C(=O)O)CCCN1Cc1cc(F)c(F)cc1F. The molecule has 1 saturated heterocycles. The lowest BCUT2D eigenvalue weighted by Gasteiger charge is -2.31. The Labute approximate surface area is 108 Å². The van der Waals surface area contributed by atoms with Gasteiger partial charge in [0, 0.05) is 18.2 Å². The number of nitrogens with zero attached hydrogens (tertiary/aromatic N) is 1. The first kappa shape index (κ1) is 13.9. The van der Waals surface area contributed by atoms with Gasteiger partial charge in [-0.2, -0.15) is 0 Å². The zero-order valence-electron chi connectivity index (χ0n) is 10.4. The number of carboxylic acid groups (broad SMARTS) is 1. The first-order valence-corrected chi connectivity index (χ1v) is 5.96. The summed E-state index contributed by atoms with van der Waals surface area (Å²) in [5.41, 5.74) is -1.12. The smallest absolute Gasteiger partial charge is 0.323 e. The predicted molar refractivity (Wildman–Crippen MR) is 62.0 cm³/mol. The van der Waals surface area contributed by atoms with Crippen molar-refractivity contribution >= 4 is 5.97 Å². The highest BCUT2D eigenvalue weighted by Crippen LogP contribution is 2.31. The van der Waals surface area contributed by atoms with Gasteiger partial charge in [-0.15, -0.1) is 0 Å². The van der Waals surface area contributed by atoms with Crippen LogP contribution in [0.25, 0.3) is 0 Å². The van der Waals surface area contributed by atoms with Crippen molar-refractivity contribution in [1.29, 1.82) is 0 Å². The maximum atomic E-state index is 13.6. The van der Waals surface area contributed by atoms with Gasteiger partial charge in [-0.25, -0.2) is 13.2 Å². The summed E-state index contributed by atoms with van der Waals surface area (Å²) in [5, 5.41) is 9.22. The van der Waals surface area contributed by atoms with Crippen LogP contribution in [0.1, 0.15) is 25.3 Å². The molecule has 0 amide bonds. The van der Waals surface area contributed by atoms with E-state index < -0.39 is 29.0 Å². The van der Waals surface area contributed by atoms with E-state index >= 15 is 0 Å². The van der Waals surface area contributed by atoms with Crippen LogP contribution in [0.15, 0.2) is 12.1 Å². The van der Waals surface area contributed by atoms with Gasteiger partial charge in [-0.05, 0) is 32.4 Å². The first-order valence-electron chi connectivity index (χ1n) is 5.96. The number of hydrogen-bond donors (Lipinski definition) is 1. The summed E-state index contributed by atoms with van der Waals surface area (Å²) < 4.78 is 39.5. The minimum absolute atomic E-state index is 0.0340. The lowest BCUT2D eigenvalue weighted by molar-refractivity contribution is -0.148. The molecule has 2 rings (SSSR count). The number of hydrogen-bond acceptors (Lipinski definition) is 2. The van der Waals surface area contributed by atoms with Crippen molar-refractivity contribution in [2.45, 2.75) is 31.8 Å². The molecule has 0 aliphatic carbocycles. The Morgan fingerprint density at radius 2 is 1.95 bits per heavy atom. The number of carbonyl (C=O) groups is 1. The summed E-state index contributed by atoms with van der Waals surface area (Å²) in [5.74, 6) is -4.23. The van der Waals surface area contributed by atoms with Crippen LogP contribution in [0.2, 0.25) is 0 Å². The first-order chi connectivity index (χ1) is 8.84. The fourth-order valence-corrected chi connectivity index (χ4v) is 2.41. The van der Waals surface area contributed by atoms with Gasteiger partial charge in [-0.3, -0.25) is 9.69 Å². The van der Waals surface area contributed by atoms with E-state index in [0.717, 1.165) is 6.07 Å². The standard InChI is InChI=1S/C13H14F3NO2/c1-13(12(18)19)3-2-4-17(13)7-8-5-10(15)11(16)6-9(8)14/h5-6H,2-4,7H2,1H3,(H,18,19). The van der Waals surface area contributed by atoms with Crippen molar-refractivity contribution < 1.29 is 23.1 Å². The Hall–Kier alpha value is -1.56. The summed E-state index contributed by atoms with van der Waals surface area (Å²) in [7, 11) is 0. The molecule has 1 atom stereocenters. The van der Waals surface area contributed by atoms with Crippen LogP contribution in [-0.4, -0.2) is 28.1 Å². The fraction of sp³-hybridized carbons (Fsp3) is 0.462. The van der Waals surface area contributed by atoms with Crippen molar-refractivity contribution in [3.8, 4) is 0 Å². The lowest BCUT2D eigenvalue weighted by atomic mass is 9.99. The fourth-order valence-electron chi connectivity index (χ4n) is 2.41. The Morgan fingerprint density at radius 1 is 1.32 bits per heavy atom. The maximum absolute atomic E-state index is 13.6. The normalized spacial score (nSPS) is 23.8. The van der Waals surface area contributed by atoms with Crippen molar-refractivity contribution in [2.24, 2.45) is 0 Å². The Kier molecular flexibility index (Phi) is 3.54. The molecule has 1 N–H and O–H groups in total. The van der Waals surface area contributed by atoms with E-state index in [4.69, 9.17) is 0 Å². The average Bonchev–Trinajstić information content (AvgIpc) is 2.69. The molecule has 1 heterocycles. The monoisotopic (exact) mass is 273 g/mol. The second-order valence-electron chi connectivity index (χ2n) is 4.96. The van der Waals surface area contributed by atoms with Gasteiger partial charge < -0.3 is 5.11 Å². The molecule has 104 valence electrons. The van der Waals surface area contributed by atoms with Crippen LogP contribution in [-0.2, 0) is 11.3 Å². The third-order valence-corrected chi connectivity index (χ3v) is 3.70. The lowest BCUT2D eigenvalue weighted by Crippen LogP contribution is -2.47. The molecule has 3 nitrogen and oxygen atoms in total. The van der Waals surface area contributed by atoms with Crippen LogP contribution in [0, 0.1) is 17.5 Å². The summed E-state index contributed by atoms with van der Waals surface area (Å²) >= 11 is 0. The van der Waals surface area contributed by atoms with Gasteiger partial charge in [0.05, 0.1) is 0 Å². The van der Waals surface area contributed by atoms with E-state index in [0.29, 0.717) is 25.5 Å². The molecule has 19 heavy (non-hydrogen) atoms. The summed E-state index contributed by atoms with van der Waals surface area (Å²) in [6.07, 6.45) is 1.13. The van der Waals surface area contributed by atoms with E-state index in [-0.39, 0.29) is 12.1 Å². The average molecular weight is 273 g/mol. The third-order valence-electron chi connectivity index (χ3n) is 3.70. The highest BCUT2D eigenvalue weighted by atomic mass is 19.2. The molecule has 1 aromatic carbocycles. The molecule has 1 fully saturated rings. The van der Waals surface area contributed by atoms with E-state index in [1.807, 2.05) is 0 Å². The van der Waals surface area contributed by atoms with Crippen molar-refractivity contribution in [1.82, 2.24) is 4.90 Å². The predicted octanol–water partition coefficient (Wildman–Crippen LogP) is 2.54. The van der Waals surface area contributed by atoms with Crippen LogP contribution in [0.5, 0.6) is 0 Å². The van der Waals surface area contributed by atoms with Crippen LogP contribution >= 0.6 is 0 Å². The molecular formula is C13H14F3NO2. The van der Waals surface area contributed by atoms with Gasteiger partial charge in [-0.1, -0.05) is 0 Å². The molecule has 1 aliphatic heterocycles. The van der Waals surface area contributed by atoms with Crippen LogP contribution < -0.4 is 0 Å². The molecule has 0 aromatic heterocycles. The highest BCUT2D eigenvalue weighted by molar-refractivity contribution is 5.78. The molecular weight excluding hydrogens is 259 g/mol. The molecule has 1 unspecified atom stereocenters. The van der Waals surface area contributed by atoms with Gasteiger partial charge >= 0.3 is 5.97 Å². The molecule has 0 saturated carbocycles. The van der Waals surface area contributed by atoms with Crippen LogP contribution in [0.4, 0.5) is 13.2 Å². The third kappa shape index (κ3) is 2.45. The number of rotatable bonds is 3. The van der Waals surface area contributed by atoms with Crippen molar-refractivity contribution in [3.05, 3.63) is 35.1 Å². The van der Waals surface area contributed by atoms with E-state index in [9.17, 15) is 23.1 Å². The van der Waals surface area contributed by atoms with Crippen molar-refractivity contribution in [3.63, 3.8) is 0 Å². The number of benzene rings is 1. The summed E-state index contributed by atoms with van der Waals surface area (Å²) in [4.78, 5) is 12.8. The number of carboxylic acids is 1. The topological polar surface area (TPSA) is 40.5 Å². The molecule has 0 radical (unpaired) electrons. The van der Waals surface area contributed by atoms with E-state index in [1.165, 1.54) is 0 Å². The summed E-state index contributed by atoms with van der Waals surface area (Å²) in [6.45, 7) is 1.99. The van der Waals surface area contributed by atoms with Gasteiger partial charge in [0.1, 0.15) is 11.4 Å². The van der Waals surface area contributed by atoms with Crippen molar-refractivity contribution in [2.75, 3.05) is 6.54 Å². The second kappa shape index (κ2) is 4.85. The van der Waals surface area contributed by atoms with Gasteiger partial charge in [0.15, 0.2) is 11.6 Å². The molecule has 0 spiro atoms. The van der Waals surface area contributed by atoms with Gasteiger partial charge in [0.2, 0.25) is 0 Å². The number of halogens is 3. The number of likely N-dealkylation sites (tertiary alicyclic amines) is 1. The van der Waals surface area contributed by atoms with Crippen LogP contribution in [0.3, 0.4) is 0 Å². The summed E-state index contributed by atoms with van der Waals surface area (Å²) in [6, 6.07) is 1.27. The molecule has 6 heteroatoms. The highest BCUT2D eigenvalue weighted by Gasteiger charge is 2.43. The van der Waals surface area contributed by atoms with Gasteiger partial charge in [0.25, 0.3) is 0 Å². The molecule has 1 aliphatic rings. The minimum Gasteiger partial charge on any atom is -0.480 e. The minimum atomic E-state index is -1.25. The Morgan fingerprint density at radius 3 is 2.58 bits per heavy atom. The number of aliphatic carboxylic acids is 1. The largest absolute Gasteiger partial charge is 0.480 e. The van der Waals surface area contributed by atoms with E-state index in [1.54, 1.807) is 11.8 Å². The Bertz CT molecular complexity index is 521.